The minimum Gasteiger partial charge on any atom is -0.393 e. The number of rotatable bonds is 6. The fourth-order valence-electron chi connectivity index (χ4n) is 1.92. The normalized spacial score (nSPS) is 13.7. The number of fused-ring (bicyclic) bond motifs is 1. The number of sulfonamides is 1. The largest absolute Gasteiger partial charge is 0.393 e. The zero-order valence-corrected chi connectivity index (χ0v) is 14.1. The van der Waals surface area contributed by atoms with Crippen molar-refractivity contribution < 1.29 is 8.42 Å². The molecule has 1 aromatic heterocycles. The number of thiocarbonyl (C=S) groups is 1. The van der Waals surface area contributed by atoms with Gasteiger partial charge in [0.25, 0.3) is 0 Å². The first-order chi connectivity index (χ1) is 9.87. The van der Waals surface area contributed by atoms with Crippen LogP contribution in [0, 0.1) is 5.92 Å². The van der Waals surface area contributed by atoms with Gasteiger partial charge in [0.1, 0.15) is 15.9 Å². The second-order valence-corrected chi connectivity index (χ2v) is 7.55. The van der Waals surface area contributed by atoms with E-state index in [1.165, 1.54) is 4.31 Å². The molecule has 0 bridgehead atoms. The van der Waals surface area contributed by atoms with E-state index in [-0.39, 0.29) is 17.4 Å². The Labute approximate surface area is 133 Å². The number of nitrogens with zero attached hydrogens (tertiary/aromatic N) is 3. The van der Waals surface area contributed by atoms with Crippen LogP contribution >= 0.6 is 23.9 Å². The minimum absolute atomic E-state index is 0.172. The molecule has 0 aliphatic carbocycles. The van der Waals surface area contributed by atoms with Gasteiger partial charge in [-0.1, -0.05) is 32.1 Å². The van der Waals surface area contributed by atoms with Gasteiger partial charge in [-0.25, -0.2) is 8.42 Å². The molecule has 6 nitrogen and oxygen atoms in total. The van der Waals surface area contributed by atoms with Crippen molar-refractivity contribution in [3.63, 3.8) is 0 Å². The van der Waals surface area contributed by atoms with Crippen molar-refractivity contribution in [3.05, 3.63) is 18.2 Å². The highest BCUT2D eigenvalue weighted by Gasteiger charge is 2.28. The second-order valence-electron chi connectivity index (χ2n) is 4.65. The van der Waals surface area contributed by atoms with Gasteiger partial charge in [-0.15, -0.1) is 0 Å². The Kier molecular flexibility index (Phi) is 4.87. The van der Waals surface area contributed by atoms with Crippen molar-refractivity contribution in [2.75, 3.05) is 13.1 Å². The zero-order valence-electron chi connectivity index (χ0n) is 11.7. The van der Waals surface area contributed by atoms with Gasteiger partial charge >= 0.3 is 0 Å². The first-order valence-electron chi connectivity index (χ1n) is 6.38. The zero-order chi connectivity index (χ0) is 15.6. The first-order valence-corrected chi connectivity index (χ1v) is 8.96. The maximum Gasteiger partial charge on any atom is 0.245 e. The van der Waals surface area contributed by atoms with Gasteiger partial charge in [-0.2, -0.15) is 13.1 Å². The molecule has 1 aromatic carbocycles. The topological polar surface area (TPSA) is 89.2 Å². The van der Waals surface area contributed by atoms with Gasteiger partial charge in [-0.3, -0.25) is 0 Å². The Morgan fingerprint density at radius 3 is 2.81 bits per heavy atom. The highest BCUT2D eigenvalue weighted by Crippen LogP contribution is 2.24. The summed E-state index contributed by atoms with van der Waals surface area (Å²) >= 11 is 5.92. The molecule has 0 saturated carbocycles. The lowest BCUT2D eigenvalue weighted by molar-refractivity contribution is 0.406. The highest BCUT2D eigenvalue weighted by molar-refractivity contribution is 7.89. The fraction of sp³-hybridized carbons (Fsp3) is 0.417. The molecule has 114 valence electrons. The number of hydrogen-bond acceptors (Lipinski definition) is 6. The summed E-state index contributed by atoms with van der Waals surface area (Å²) < 4.78 is 35.2. The predicted molar refractivity (Wildman–Crippen MR) is 87.8 cm³/mol. The van der Waals surface area contributed by atoms with Gasteiger partial charge in [-0.05, 0) is 12.1 Å². The number of aromatic nitrogens is 2. The molecule has 21 heavy (non-hydrogen) atoms. The fourth-order valence-corrected chi connectivity index (χ4v) is 4.29. The van der Waals surface area contributed by atoms with Gasteiger partial charge in [0, 0.05) is 19.0 Å². The Bertz CT molecular complexity index is 757. The van der Waals surface area contributed by atoms with Gasteiger partial charge < -0.3 is 5.73 Å². The molecule has 0 spiro atoms. The van der Waals surface area contributed by atoms with E-state index in [1.807, 2.05) is 6.92 Å². The summed E-state index contributed by atoms with van der Waals surface area (Å²) in [4.78, 5) is 0.475. The Morgan fingerprint density at radius 1 is 1.48 bits per heavy atom. The number of nitrogens with two attached hydrogens (primary N) is 1. The van der Waals surface area contributed by atoms with Crippen LogP contribution in [0.2, 0.25) is 0 Å². The Balaban J connectivity index is 2.44. The van der Waals surface area contributed by atoms with E-state index in [4.69, 9.17) is 18.0 Å². The Hall–Kier alpha value is -1.16. The molecule has 0 aliphatic rings. The van der Waals surface area contributed by atoms with E-state index in [9.17, 15) is 8.42 Å². The quantitative estimate of drug-likeness (QED) is 0.801. The lowest BCUT2D eigenvalue weighted by Crippen LogP contribution is -2.38. The average molecular weight is 344 g/mol. The third-order valence-electron chi connectivity index (χ3n) is 3.18. The van der Waals surface area contributed by atoms with Crippen molar-refractivity contribution in [3.8, 4) is 0 Å². The predicted octanol–water partition coefficient (Wildman–Crippen LogP) is 1.62. The minimum atomic E-state index is -3.65. The van der Waals surface area contributed by atoms with E-state index >= 15 is 0 Å². The van der Waals surface area contributed by atoms with E-state index in [2.05, 4.69) is 8.75 Å². The monoisotopic (exact) mass is 344 g/mol. The molecule has 9 heteroatoms. The maximum absolute atomic E-state index is 12.8. The number of benzene rings is 1. The molecule has 2 N–H and O–H groups in total. The van der Waals surface area contributed by atoms with Crippen LogP contribution in [0.15, 0.2) is 23.1 Å². The molecule has 2 aromatic rings. The average Bonchev–Trinajstić information content (AvgIpc) is 2.91. The third-order valence-corrected chi connectivity index (χ3v) is 6.10. The first kappa shape index (κ1) is 16.2. The van der Waals surface area contributed by atoms with Crippen LogP contribution in [0.3, 0.4) is 0 Å². The second kappa shape index (κ2) is 6.30. The van der Waals surface area contributed by atoms with E-state index < -0.39 is 10.0 Å². The van der Waals surface area contributed by atoms with Crippen molar-refractivity contribution in [2.45, 2.75) is 18.7 Å². The van der Waals surface area contributed by atoms with Gasteiger partial charge in [0.2, 0.25) is 10.0 Å². The molecule has 0 amide bonds. The van der Waals surface area contributed by atoms with Crippen molar-refractivity contribution in [2.24, 2.45) is 11.7 Å². The van der Waals surface area contributed by atoms with E-state index in [1.54, 1.807) is 25.1 Å². The summed E-state index contributed by atoms with van der Waals surface area (Å²) in [7, 11) is -3.65. The van der Waals surface area contributed by atoms with E-state index in [0.29, 0.717) is 22.6 Å². The molecule has 0 fully saturated rings. The molecule has 1 atom stereocenters. The molecule has 0 radical (unpaired) electrons. The van der Waals surface area contributed by atoms with Gasteiger partial charge in [0.15, 0.2) is 0 Å². The summed E-state index contributed by atoms with van der Waals surface area (Å²) in [6, 6.07) is 4.96. The molecule has 1 heterocycles. The van der Waals surface area contributed by atoms with Crippen LogP contribution in [0.4, 0.5) is 0 Å². The summed E-state index contributed by atoms with van der Waals surface area (Å²) in [5, 5.41) is 0. The molecule has 0 saturated heterocycles. The molecular formula is C12H16N4O2S3. The van der Waals surface area contributed by atoms with Crippen molar-refractivity contribution >= 4 is 50.0 Å². The molecule has 2 rings (SSSR count). The summed E-state index contributed by atoms with van der Waals surface area (Å²) in [6.45, 7) is 4.18. The smallest absolute Gasteiger partial charge is 0.245 e. The summed E-state index contributed by atoms with van der Waals surface area (Å²) in [6.07, 6.45) is 0. The third kappa shape index (κ3) is 3.20. The van der Waals surface area contributed by atoms with Crippen LogP contribution in [0.25, 0.3) is 11.0 Å². The molecule has 0 aliphatic heterocycles. The number of hydrogen-bond donors (Lipinski definition) is 1. The Morgan fingerprint density at radius 2 is 2.19 bits per heavy atom. The maximum atomic E-state index is 12.8. The van der Waals surface area contributed by atoms with E-state index in [0.717, 1.165) is 11.7 Å². The summed E-state index contributed by atoms with van der Waals surface area (Å²) in [5.74, 6) is -0.192. The highest BCUT2D eigenvalue weighted by atomic mass is 32.2. The molecular weight excluding hydrogens is 328 g/mol. The van der Waals surface area contributed by atoms with Crippen LogP contribution in [0.5, 0.6) is 0 Å². The van der Waals surface area contributed by atoms with Crippen LogP contribution in [-0.4, -0.2) is 39.5 Å². The van der Waals surface area contributed by atoms with Gasteiger partial charge in [0.05, 0.1) is 16.7 Å². The lowest BCUT2D eigenvalue weighted by Gasteiger charge is -2.23. The van der Waals surface area contributed by atoms with Crippen LogP contribution < -0.4 is 5.73 Å². The summed E-state index contributed by atoms with van der Waals surface area (Å²) in [5.41, 5.74) is 6.57. The van der Waals surface area contributed by atoms with Crippen LogP contribution in [-0.2, 0) is 10.0 Å². The standard InChI is InChI=1S/C12H16N4O2S3/c1-3-16(7-8(2)12(13)19)21(17,18)10-6-4-5-9-11(10)15-20-14-9/h4-6,8H,3,7H2,1-2H3,(H2,13,19). The lowest BCUT2D eigenvalue weighted by atomic mass is 10.2. The van der Waals surface area contributed by atoms with Crippen molar-refractivity contribution in [1.82, 2.24) is 13.1 Å². The van der Waals surface area contributed by atoms with Crippen molar-refractivity contribution in [1.29, 1.82) is 0 Å². The molecule has 1 unspecified atom stereocenters. The van der Waals surface area contributed by atoms with Crippen LogP contribution in [0.1, 0.15) is 13.8 Å². The SMILES string of the molecule is CCN(CC(C)C(N)=S)S(=O)(=O)c1cccc2nsnc12.